The lowest BCUT2D eigenvalue weighted by molar-refractivity contribution is -0.122. The van der Waals surface area contributed by atoms with E-state index in [1.165, 1.54) is 12.1 Å². The molecule has 1 aliphatic heterocycles. The van der Waals surface area contributed by atoms with Crippen molar-refractivity contribution in [1.29, 1.82) is 0 Å². The van der Waals surface area contributed by atoms with Gasteiger partial charge in [0.25, 0.3) is 5.91 Å². The fourth-order valence-electron chi connectivity index (χ4n) is 3.48. The largest absolute Gasteiger partial charge is 0.326 e. The number of rotatable bonds is 5. The summed E-state index contributed by atoms with van der Waals surface area (Å²) in [6, 6.07) is 18.1. The number of hydrogen-bond acceptors (Lipinski definition) is 3. The summed E-state index contributed by atoms with van der Waals surface area (Å²) in [5.74, 6) is -3.09. The van der Waals surface area contributed by atoms with E-state index in [1.807, 2.05) is 30.3 Å². The fraction of sp³-hybridized carbons (Fsp3) is 0.125. The van der Waals surface area contributed by atoms with Crippen LogP contribution in [0.3, 0.4) is 0 Å². The van der Waals surface area contributed by atoms with Crippen LogP contribution in [0.25, 0.3) is 0 Å². The summed E-state index contributed by atoms with van der Waals surface area (Å²) in [5, 5.41) is 5.13. The molecule has 4 rings (SSSR count). The van der Waals surface area contributed by atoms with Crippen LogP contribution in [0, 0.1) is 17.6 Å². The number of nitrogens with one attached hydrogen (secondary N) is 2. The number of carbonyl (C=O) groups excluding carboxylic acids is 3. The van der Waals surface area contributed by atoms with Crippen LogP contribution in [0.4, 0.5) is 25.8 Å². The number of para-hydroxylation sites is 1. The van der Waals surface area contributed by atoms with Gasteiger partial charge in [-0.2, -0.15) is 0 Å². The predicted molar refractivity (Wildman–Crippen MR) is 116 cm³/mol. The van der Waals surface area contributed by atoms with Gasteiger partial charge in [-0.05, 0) is 48.5 Å². The molecule has 0 bridgehead atoms. The first-order chi connectivity index (χ1) is 15.4. The van der Waals surface area contributed by atoms with Gasteiger partial charge in [0.2, 0.25) is 11.8 Å². The summed E-state index contributed by atoms with van der Waals surface area (Å²) in [4.78, 5) is 38.8. The Kier molecular flexibility index (Phi) is 5.93. The van der Waals surface area contributed by atoms with E-state index in [-0.39, 0.29) is 29.5 Å². The summed E-state index contributed by atoms with van der Waals surface area (Å²) in [7, 11) is 0. The number of benzene rings is 3. The first kappa shape index (κ1) is 21.2. The van der Waals surface area contributed by atoms with Crippen LogP contribution < -0.4 is 15.5 Å². The minimum absolute atomic E-state index is 0.114. The third-order valence-corrected chi connectivity index (χ3v) is 5.16. The zero-order valence-electron chi connectivity index (χ0n) is 16.8. The molecule has 0 radical (unpaired) electrons. The molecule has 1 unspecified atom stereocenters. The summed E-state index contributed by atoms with van der Waals surface area (Å²) in [6.45, 7) is 0.290. The Morgan fingerprint density at radius 2 is 1.62 bits per heavy atom. The van der Waals surface area contributed by atoms with Crippen molar-refractivity contribution in [3.05, 3.63) is 90.0 Å². The summed E-state index contributed by atoms with van der Waals surface area (Å²) in [6.07, 6.45) is 0.116. The molecule has 1 fully saturated rings. The molecule has 0 aromatic heterocycles. The lowest BCUT2D eigenvalue weighted by Gasteiger charge is -2.16. The number of carbonyl (C=O) groups is 3. The molecule has 1 atom stereocenters. The van der Waals surface area contributed by atoms with Crippen LogP contribution in [0.5, 0.6) is 0 Å². The highest BCUT2D eigenvalue weighted by Gasteiger charge is 2.35. The van der Waals surface area contributed by atoms with E-state index in [1.54, 1.807) is 17.0 Å². The lowest BCUT2D eigenvalue weighted by atomic mass is 10.1. The zero-order chi connectivity index (χ0) is 22.7. The van der Waals surface area contributed by atoms with Crippen LogP contribution in [0.15, 0.2) is 72.8 Å². The van der Waals surface area contributed by atoms with Crippen molar-refractivity contribution in [2.45, 2.75) is 6.42 Å². The molecule has 0 aliphatic carbocycles. The maximum atomic E-state index is 13.7. The number of halogens is 2. The van der Waals surface area contributed by atoms with Gasteiger partial charge in [-0.1, -0.05) is 18.2 Å². The van der Waals surface area contributed by atoms with Gasteiger partial charge in [0.05, 0.1) is 11.6 Å². The van der Waals surface area contributed by atoms with Crippen molar-refractivity contribution in [3.63, 3.8) is 0 Å². The highest BCUT2D eigenvalue weighted by Crippen LogP contribution is 2.26. The first-order valence-corrected chi connectivity index (χ1v) is 9.93. The monoisotopic (exact) mass is 435 g/mol. The molecular weight excluding hydrogens is 416 g/mol. The Morgan fingerprint density at radius 3 is 2.31 bits per heavy atom. The van der Waals surface area contributed by atoms with Crippen molar-refractivity contribution in [1.82, 2.24) is 0 Å². The van der Waals surface area contributed by atoms with Gasteiger partial charge in [0.1, 0.15) is 11.6 Å². The van der Waals surface area contributed by atoms with Crippen LogP contribution in [-0.4, -0.2) is 24.3 Å². The standard InChI is InChI=1S/C24H19F2N3O3/c25-17-8-11-21(20(26)13-17)28-23(31)15-6-9-18(10-7-15)27-24(32)16-12-22(30)29(14-16)19-4-2-1-3-5-19/h1-11,13,16H,12,14H2,(H,27,32)(H,28,31). The second-order valence-corrected chi connectivity index (χ2v) is 7.39. The smallest absolute Gasteiger partial charge is 0.255 e. The van der Waals surface area contributed by atoms with E-state index >= 15 is 0 Å². The third-order valence-electron chi connectivity index (χ3n) is 5.16. The molecule has 1 aliphatic rings. The fourth-order valence-corrected chi connectivity index (χ4v) is 3.48. The Bertz CT molecular complexity index is 1170. The third kappa shape index (κ3) is 4.64. The van der Waals surface area contributed by atoms with E-state index in [0.29, 0.717) is 18.3 Å². The van der Waals surface area contributed by atoms with Gasteiger partial charge in [0, 0.05) is 36.0 Å². The molecule has 0 spiro atoms. The molecule has 0 saturated carbocycles. The molecule has 1 heterocycles. The van der Waals surface area contributed by atoms with Gasteiger partial charge in [-0.3, -0.25) is 14.4 Å². The van der Waals surface area contributed by atoms with Crippen LogP contribution >= 0.6 is 0 Å². The quantitative estimate of drug-likeness (QED) is 0.630. The van der Waals surface area contributed by atoms with Crippen molar-refractivity contribution in [2.24, 2.45) is 5.92 Å². The highest BCUT2D eigenvalue weighted by molar-refractivity contribution is 6.05. The number of anilines is 3. The Morgan fingerprint density at radius 1 is 0.906 bits per heavy atom. The Hall–Kier alpha value is -4.07. The lowest BCUT2D eigenvalue weighted by Crippen LogP contribution is -2.28. The maximum Gasteiger partial charge on any atom is 0.255 e. The maximum absolute atomic E-state index is 13.7. The van der Waals surface area contributed by atoms with E-state index < -0.39 is 23.5 Å². The SMILES string of the molecule is O=C(Nc1ccc(F)cc1F)c1ccc(NC(=O)C2CC(=O)N(c3ccccc3)C2)cc1. The van der Waals surface area contributed by atoms with Gasteiger partial charge >= 0.3 is 0 Å². The van der Waals surface area contributed by atoms with Crippen LogP contribution in [-0.2, 0) is 9.59 Å². The molecule has 32 heavy (non-hydrogen) atoms. The zero-order valence-corrected chi connectivity index (χ0v) is 16.8. The first-order valence-electron chi connectivity index (χ1n) is 9.93. The van der Waals surface area contributed by atoms with Gasteiger partial charge in [-0.15, -0.1) is 0 Å². The van der Waals surface area contributed by atoms with E-state index in [0.717, 1.165) is 17.8 Å². The Balaban J connectivity index is 1.37. The van der Waals surface area contributed by atoms with Gasteiger partial charge in [0.15, 0.2) is 0 Å². The molecule has 1 saturated heterocycles. The van der Waals surface area contributed by atoms with E-state index in [4.69, 9.17) is 0 Å². The van der Waals surface area contributed by atoms with Gasteiger partial charge in [-0.25, -0.2) is 8.78 Å². The number of hydrogen-bond donors (Lipinski definition) is 2. The molecular formula is C24H19F2N3O3. The molecule has 3 aromatic carbocycles. The second-order valence-electron chi connectivity index (χ2n) is 7.39. The van der Waals surface area contributed by atoms with Crippen molar-refractivity contribution >= 4 is 34.8 Å². The average molecular weight is 435 g/mol. The van der Waals surface area contributed by atoms with Crippen molar-refractivity contribution in [2.75, 3.05) is 22.1 Å². The topological polar surface area (TPSA) is 78.5 Å². The van der Waals surface area contributed by atoms with E-state index in [9.17, 15) is 23.2 Å². The summed E-state index contributed by atoms with van der Waals surface area (Å²) >= 11 is 0. The van der Waals surface area contributed by atoms with Crippen molar-refractivity contribution < 1.29 is 23.2 Å². The normalized spacial score (nSPS) is 15.5. The van der Waals surface area contributed by atoms with Crippen LogP contribution in [0.1, 0.15) is 16.8 Å². The second kappa shape index (κ2) is 8.97. The summed E-state index contributed by atoms with van der Waals surface area (Å²) < 4.78 is 26.7. The highest BCUT2D eigenvalue weighted by atomic mass is 19.1. The molecule has 2 N–H and O–H groups in total. The van der Waals surface area contributed by atoms with Gasteiger partial charge < -0.3 is 15.5 Å². The molecule has 3 amide bonds. The van der Waals surface area contributed by atoms with Crippen LogP contribution in [0.2, 0.25) is 0 Å². The predicted octanol–water partition coefficient (Wildman–Crippen LogP) is 4.21. The minimum atomic E-state index is -0.877. The molecule has 8 heteroatoms. The Labute approximate surface area is 182 Å². The number of nitrogens with zero attached hydrogens (tertiary/aromatic N) is 1. The summed E-state index contributed by atoms with van der Waals surface area (Å²) in [5.41, 5.74) is 1.31. The molecule has 162 valence electrons. The number of amides is 3. The molecule has 3 aromatic rings. The minimum Gasteiger partial charge on any atom is -0.326 e. The average Bonchev–Trinajstić information content (AvgIpc) is 3.18. The molecule has 6 nitrogen and oxygen atoms in total. The van der Waals surface area contributed by atoms with Crippen molar-refractivity contribution in [3.8, 4) is 0 Å². The van der Waals surface area contributed by atoms with E-state index in [2.05, 4.69) is 10.6 Å².